The van der Waals surface area contributed by atoms with Gasteiger partial charge in [-0.3, -0.25) is 9.78 Å². The van der Waals surface area contributed by atoms with Crippen molar-refractivity contribution in [2.45, 2.75) is 31.7 Å². The Labute approximate surface area is 221 Å². The van der Waals surface area contributed by atoms with E-state index >= 15 is 0 Å². The highest BCUT2D eigenvalue weighted by Gasteiger charge is 2.36. The largest absolute Gasteiger partial charge is 0.435 e. The zero-order valence-corrected chi connectivity index (χ0v) is 20.7. The average Bonchev–Trinajstić information content (AvgIpc) is 3.64. The lowest BCUT2D eigenvalue weighted by atomic mass is 10.0. The molecule has 1 aliphatic carbocycles. The number of rotatable bonds is 9. The minimum atomic E-state index is -4.80. The number of nitrogens with zero attached hydrogens (tertiary/aromatic N) is 3. The Balaban J connectivity index is 1.48. The molecule has 4 aromatic rings. The molecule has 0 aliphatic heterocycles. The molecule has 3 N–H and O–H groups in total. The maximum absolute atomic E-state index is 14.9. The highest BCUT2D eigenvalue weighted by Crippen LogP contribution is 2.35. The van der Waals surface area contributed by atoms with Crippen LogP contribution in [-0.2, 0) is 17.5 Å². The molecule has 0 unspecified atom stereocenters. The van der Waals surface area contributed by atoms with Crippen LogP contribution in [0.2, 0.25) is 0 Å². The number of aromatic nitrogens is 3. The molecule has 5 rings (SSSR count). The summed E-state index contributed by atoms with van der Waals surface area (Å²) in [5.41, 5.74) is 5.92. The SMILES string of the molecule is NCc1cccc(-n2nc(C(F)(F)F)cc2C(=O)Nc2cc([C@@H](OCC3CC3)c3cccnc3)ccc2F)c1. The Bertz CT molecular complexity index is 1470. The van der Waals surface area contributed by atoms with E-state index in [1.165, 1.54) is 24.3 Å². The lowest BCUT2D eigenvalue weighted by Crippen LogP contribution is -2.18. The van der Waals surface area contributed by atoms with E-state index in [1.807, 2.05) is 6.07 Å². The number of carbonyl (C=O) groups is 1. The Morgan fingerprint density at radius 2 is 1.92 bits per heavy atom. The second kappa shape index (κ2) is 11.0. The fourth-order valence-electron chi connectivity index (χ4n) is 4.11. The Hall–Kier alpha value is -4.09. The van der Waals surface area contributed by atoms with Gasteiger partial charge in [0.15, 0.2) is 5.69 Å². The smallest absolute Gasteiger partial charge is 0.368 e. The van der Waals surface area contributed by atoms with E-state index in [9.17, 15) is 22.4 Å². The van der Waals surface area contributed by atoms with Crippen molar-refractivity contribution >= 4 is 11.6 Å². The van der Waals surface area contributed by atoms with E-state index in [0.29, 0.717) is 29.7 Å². The van der Waals surface area contributed by atoms with Gasteiger partial charge in [0.2, 0.25) is 0 Å². The summed E-state index contributed by atoms with van der Waals surface area (Å²) in [6, 6.07) is 14.7. The summed E-state index contributed by atoms with van der Waals surface area (Å²) in [5.74, 6) is -1.26. The van der Waals surface area contributed by atoms with E-state index in [0.717, 1.165) is 23.1 Å². The van der Waals surface area contributed by atoms with Gasteiger partial charge in [-0.25, -0.2) is 9.07 Å². The molecule has 202 valence electrons. The lowest BCUT2D eigenvalue weighted by molar-refractivity contribution is -0.141. The molecule has 1 amide bonds. The van der Waals surface area contributed by atoms with Gasteiger partial charge in [-0.05, 0) is 60.2 Å². The number of hydrogen-bond acceptors (Lipinski definition) is 5. The van der Waals surface area contributed by atoms with Gasteiger partial charge in [-0.1, -0.05) is 24.3 Å². The number of nitrogens with two attached hydrogens (primary N) is 1. The fourth-order valence-corrected chi connectivity index (χ4v) is 4.11. The van der Waals surface area contributed by atoms with Gasteiger partial charge in [0, 0.05) is 30.6 Å². The number of nitrogens with one attached hydrogen (secondary N) is 1. The van der Waals surface area contributed by atoms with Gasteiger partial charge >= 0.3 is 6.18 Å². The van der Waals surface area contributed by atoms with E-state index in [2.05, 4.69) is 15.4 Å². The molecular weight excluding hydrogens is 514 g/mol. The van der Waals surface area contributed by atoms with Crippen molar-refractivity contribution in [1.82, 2.24) is 14.8 Å². The second-order valence-corrected chi connectivity index (χ2v) is 9.33. The summed E-state index contributed by atoms with van der Waals surface area (Å²) in [4.78, 5) is 17.4. The third-order valence-electron chi connectivity index (χ3n) is 6.35. The average molecular weight is 540 g/mol. The number of pyridine rings is 1. The van der Waals surface area contributed by atoms with Gasteiger partial charge in [-0.2, -0.15) is 18.3 Å². The number of halogens is 4. The first-order valence-corrected chi connectivity index (χ1v) is 12.3. The van der Waals surface area contributed by atoms with Gasteiger partial charge in [0.25, 0.3) is 5.91 Å². The van der Waals surface area contributed by atoms with Crippen LogP contribution in [0.1, 0.15) is 51.8 Å². The van der Waals surface area contributed by atoms with Crippen LogP contribution in [0, 0.1) is 11.7 Å². The predicted molar refractivity (Wildman–Crippen MR) is 136 cm³/mol. The van der Waals surface area contributed by atoms with Gasteiger partial charge < -0.3 is 15.8 Å². The van der Waals surface area contributed by atoms with Crippen LogP contribution in [0.15, 0.2) is 73.1 Å². The fraction of sp³-hybridized carbons (Fsp3) is 0.250. The molecule has 0 radical (unpaired) electrons. The predicted octanol–water partition coefficient (Wildman–Crippen LogP) is 5.65. The van der Waals surface area contributed by atoms with Crippen LogP contribution in [-0.4, -0.2) is 27.3 Å². The zero-order chi connectivity index (χ0) is 27.6. The van der Waals surface area contributed by atoms with Crippen LogP contribution in [0.3, 0.4) is 0 Å². The van der Waals surface area contributed by atoms with Crippen molar-refractivity contribution < 1.29 is 27.1 Å². The normalized spacial score (nSPS) is 14.3. The first kappa shape index (κ1) is 26.5. The molecule has 0 bridgehead atoms. The quantitative estimate of drug-likeness (QED) is 0.268. The standard InChI is InChI=1S/C28H25F4N5O2/c29-22-9-8-19(26(39-16-17-6-7-17)20-4-2-10-34-15-20)12-23(22)35-27(38)24-13-25(28(30,31)32)36-37(24)21-5-1-3-18(11-21)14-33/h1-5,8-13,15,17,26H,6-7,14,16,33H2,(H,35,38)/t26-/m1/s1. The Morgan fingerprint density at radius 3 is 2.62 bits per heavy atom. The van der Waals surface area contributed by atoms with Crippen LogP contribution in [0.4, 0.5) is 23.2 Å². The van der Waals surface area contributed by atoms with E-state index in [4.69, 9.17) is 10.5 Å². The maximum atomic E-state index is 14.9. The van der Waals surface area contributed by atoms with Crippen LogP contribution in [0.5, 0.6) is 0 Å². The first-order chi connectivity index (χ1) is 18.7. The minimum absolute atomic E-state index is 0.141. The maximum Gasteiger partial charge on any atom is 0.435 e. The number of anilines is 1. The number of benzene rings is 2. The topological polar surface area (TPSA) is 95.1 Å². The monoisotopic (exact) mass is 539 g/mol. The molecule has 2 aromatic heterocycles. The Kier molecular flexibility index (Phi) is 7.45. The van der Waals surface area contributed by atoms with Gasteiger partial charge in [0.1, 0.15) is 17.6 Å². The van der Waals surface area contributed by atoms with Crippen molar-refractivity contribution in [3.63, 3.8) is 0 Å². The molecule has 1 fully saturated rings. The highest BCUT2D eigenvalue weighted by molar-refractivity contribution is 6.03. The molecule has 0 saturated heterocycles. The van der Waals surface area contributed by atoms with Crippen LogP contribution >= 0.6 is 0 Å². The molecule has 0 spiro atoms. The highest BCUT2D eigenvalue weighted by atomic mass is 19.4. The molecular formula is C28H25F4N5O2. The van der Waals surface area contributed by atoms with Crippen molar-refractivity contribution in [3.8, 4) is 5.69 Å². The van der Waals surface area contributed by atoms with Crippen molar-refractivity contribution in [3.05, 3.63) is 107 Å². The third-order valence-corrected chi connectivity index (χ3v) is 6.35. The molecule has 2 heterocycles. The molecule has 39 heavy (non-hydrogen) atoms. The molecule has 1 aliphatic rings. The zero-order valence-electron chi connectivity index (χ0n) is 20.7. The summed E-state index contributed by atoms with van der Waals surface area (Å²) in [6.45, 7) is 0.654. The summed E-state index contributed by atoms with van der Waals surface area (Å²) in [6.07, 6.45) is 0.0492. The molecule has 1 atom stereocenters. The molecule has 11 heteroatoms. The second-order valence-electron chi connectivity index (χ2n) is 9.33. The van der Waals surface area contributed by atoms with Gasteiger partial charge in [0.05, 0.1) is 18.0 Å². The number of hydrogen-bond donors (Lipinski definition) is 2. The van der Waals surface area contributed by atoms with E-state index in [1.54, 1.807) is 36.7 Å². The van der Waals surface area contributed by atoms with Crippen molar-refractivity contribution in [2.24, 2.45) is 11.7 Å². The lowest BCUT2D eigenvalue weighted by Gasteiger charge is -2.20. The van der Waals surface area contributed by atoms with Crippen molar-refractivity contribution in [1.29, 1.82) is 0 Å². The van der Waals surface area contributed by atoms with Gasteiger partial charge in [-0.15, -0.1) is 0 Å². The summed E-state index contributed by atoms with van der Waals surface area (Å²) >= 11 is 0. The minimum Gasteiger partial charge on any atom is -0.368 e. The number of amides is 1. The van der Waals surface area contributed by atoms with E-state index < -0.39 is 35.4 Å². The first-order valence-electron chi connectivity index (χ1n) is 12.3. The Morgan fingerprint density at radius 1 is 1.10 bits per heavy atom. The molecule has 2 aromatic carbocycles. The van der Waals surface area contributed by atoms with Crippen LogP contribution < -0.4 is 11.1 Å². The van der Waals surface area contributed by atoms with Crippen molar-refractivity contribution in [2.75, 3.05) is 11.9 Å². The summed E-state index contributed by atoms with van der Waals surface area (Å²) in [5, 5.41) is 6.03. The summed E-state index contributed by atoms with van der Waals surface area (Å²) < 4.78 is 62.5. The van der Waals surface area contributed by atoms with E-state index in [-0.39, 0.29) is 17.9 Å². The third kappa shape index (κ3) is 6.15. The number of ether oxygens (including phenoxy) is 1. The number of carbonyl (C=O) groups excluding carboxylic acids is 1. The molecule has 7 nitrogen and oxygen atoms in total. The summed E-state index contributed by atoms with van der Waals surface area (Å²) in [7, 11) is 0. The van der Waals surface area contributed by atoms with Crippen LogP contribution in [0.25, 0.3) is 5.69 Å². The molecule has 1 saturated carbocycles. The number of alkyl halides is 3.